The zero-order valence-corrected chi connectivity index (χ0v) is 13.5. The van der Waals surface area contributed by atoms with Crippen molar-refractivity contribution in [3.8, 4) is 11.5 Å². The molecule has 0 aliphatic rings. The molecule has 2 rings (SSSR count). The number of hydrogen-bond acceptors (Lipinski definition) is 7. The minimum Gasteiger partial charge on any atom is -0.403 e. The van der Waals surface area contributed by atoms with E-state index in [2.05, 4.69) is 22.6 Å². The normalized spacial score (nSPS) is 9.54. The average molecular weight is 354 g/mol. The highest BCUT2D eigenvalue weighted by molar-refractivity contribution is 6.09. The Morgan fingerprint density at radius 1 is 0.654 bits per heavy atom. The lowest BCUT2D eigenvalue weighted by Crippen LogP contribution is -2.08. The molecule has 0 aromatic heterocycles. The molecule has 0 saturated carbocycles. The summed E-state index contributed by atoms with van der Waals surface area (Å²) in [4.78, 5) is 34.8. The third-order valence-corrected chi connectivity index (χ3v) is 2.99. The fourth-order valence-corrected chi connectivity index (χ4v) is 1.89. The maximum Gasteiger partial charge on any atom is 0.518 e. The van der Waals surface area contributed by atoms with Crippen molar-refractivity contribution in [1.29, 1.82) is 0 Å². The van der Waals surface area contributed by atoms with E-state index in [1.165, 1.54) is 48.5 Å². The van der Waals surface area contributed by atoms with Crippen LogP contribution in [0.4, 0.5) is 9.59 Å². The Labute approximate surface area is 149 Å². The first kappa shape index (κ1) is 18.5. The molecule has 0 heterocycles. The molecule has 7 heteroatoms. The van der Waals surface area contributed by atoms with Gasteiger partial charge in [-0.05, 0) is 48.5 Å². The predicted octanol–water partition coefficient (Wildman–Crippen LogP) is 4.24. The summed E-state index contributed by atoms with van der Waals surface area (Å²) in [5.74, 6) is 0.182. The van der Waals surface area contributed by atoms with Gasteiger partial charge in [0.05, 0.1) is 12.5 Å². The Balaban J connectivity index is 2.04. The third kappa shape index (κ3) is 5.07. The average Bonchev–Trinajstić information content (AvgIpc) is 2.63. The fraction of sp³-hybridized carbons (Fsp3) is 0. The number of benzene rings is 2. The molecule has 2 aromatic carbocycles. The van der Waals surface area contributed by atoms with Gasteiger partial charge in [-0.25, -0.2) is 9.59 Å². The van der Waals surface area contributed by atoms with Crippen molar-refractivity contribution in [2.45, 2.75) is 0 Å². The maximum atomic E-state index is 12.4. The summed E-state index contributed by atoms with van der Waals surface area (Å²) < 4.78 is 18.6. The second-order valence-electron chi connectivity index (χ2n) is 4.65. The van der Waals surface area contributed by atoms with Crippen LogP contribution in [-0.2, 0) is 9.47 Å². The molecule has 0 saturated heterocycles. The van der Waals surface area contributed by atoms with Crippen molar-refractivity contribution in [2.24, 2.45) is 0 Å². The van der Waals surface area contributed by atoms with Gasteiger partial charge in [0.1, 0.15) is 11.5 Å². The van der Waals surface area contributed by atoms with Crippen LogP contribution in [0.5, 0.6) is 11.5 Å². The van der Waals surface area contributed by atoms with Crippen LogP contribution in [0.25, 0.3) is 0 Å². The van der Waals surface area contributed by atoms with Crippen molar-refractivity contribution in [3.63, 3.8) is 0 Å². The second kappa shape index (κ2) is 8.84. The van der Waals surface area contributed by atoms with Gasteiger partial charge < -0.3 is 18.9 Å². The number of ketones is 1. The topological polar surface area (TPSA) is 88.1 Å². The molecular formula is C19H14O7. The lowest BCUT2D eigenvalue weighted by molar-refractivity contribution is 0.103. The highest BCUT2D eigenvalue weighted by atomic mass is 16.7. The van der Waals surface area contributed by atoms with Crippen molar-refractivity contribution >= 4 is 18.1 Å². The van der Waals surface area contributed by atoms with Crippen LogP contribution in [0.1, 0.15) is 15.9 Å². The van der Waals surface area contributed by atoms with Crippen molar-refractivity contribution in [2.75, 3.05) is 0 Å². The molecule has 0 radical (unpaired) electrons. The molecule has 7 nitrogen and oxygen atoms in total. The van der Waals surface area contributed by atoms with Gasteiger partial charge >= 0.3 is 12.3 Å². The van der Waals surface area contributed by atoms with Gasteiger partial charge in [0.2, 0.25) is 0 Å². The minimum atomic E-state index is -0.926. The van der Waals surface area contributed by atoms with Gasteiger partial charge in [0.15, 0.2) is 5.78 Å². The van der Waals surface area contributed by atoms with Crippen LogP contribution in [-0.4, -0.2) is 18.1 Å². The predicted molar refractivity (Wildman–Crippen MR) is 90.9 cm³/mol. The third-order valence-electron chi connectivity index (χ3n) is 2.99. The zero-order valence-electron chi connectivity index (χ0n) is 13.5. The van der Waals surface area contributed by atoms with E-state index in [-0.39, 0.29) is 17.3 Å². The Kier molecular flexibility index (Phi) is 6.28. The SMILES string of the molecule is C=COC(=O)Oc1ccc(C(=O)c2ccc(OC(=O)OC=C)cc2)cc1. The largest absolute Gasteiger partial charge is 0.518 e. The van der Waals surface area contributed by atoms with Crippen LogP contribution in [0, 0.1) is 0 Å². The standard InChI is InChI=1S/C19H14O7/c1-3-23-18(21)25-15-9-5-13(6-10-15)17(20)14-7-11-16(12-8-14)26-19(22)24-4-2/h3-12H,1-2H2. The molecular weight excluding hydrogens is 340 g/mol. The monoisotopic (exact) mass is 354 g/mol. The molecule has 0 amide bonds. The highest BCUT2D eigenvalue weighted by Gasteiger charge is 2.12. The van der Waals surface area contributed by atoms with Gasteiger partial charge in [0, 0.05) is 11.1 Å². The molecule has 0 bridgehead atoms. The Hall–Kier alpha value is -3.87. The first-order chi connectivity index (χ1) is 12.5. The van der Waals surface area contributed by atoms with Gasteiger partial charge in [-0.2, -0.15) is 0 Å². The number of rotatable bonds is 6. The van der Waals surface area contributed by atoms with Gasteiger partial charge in [-0.15, -0.1) is 0 Å². The Morgan fingerprint density at radius 2 is 1.00 bits per heavy atom. The van der Waals surface area contributed by atoms with E-state index < -0.39 is 12.3 Å². The molecule has 26 heavy (non-hydrogen) atoms. The van der Waals surface area contributed by atoms with Gasteiger partial charge in [-0.1, -0.05) is 13.2 Å². The summed E-state index contributed by atoms with van der Waals surface area (Å²) in [7, 11) is 0. The number of hydrogen-bond donors (Lipinski definition) is 0. The summed E-state index contributed by atoms with van der Waals surface area (Å²) in [5, 5.41) is 0. The van der Waals surface area contributed by atoms with E-state index in [1.54, 1.807) is 0 Å². The summed E-state index contributed by atoms with van der Waals surface area (Å²) >= 11 is 0. The van der Waals surface area contributed by atoms with E-state index in [1.807, 2.05) is 0 Å². The Bertz CT molecular complexity index is 750. The molecule has 0 unspecified atom stereocenters. The van der Waals surface area contributed by atoms with E-state index in [9.17, 15) is 14.4 Å². The van der Waals surface area contributed by atoms with Crippen molar-refractivity contribution in [1.82, 2.24) is 0 Å². The smallest absolute Gasteiger partial charge is 0.403 e. The number of carbonyl (C=O) groups is 3. The first-order valence-corrected chi connectivity index (χ1v) is 7.27. The van der Waals surface area contributed by atoms with Gasteiger partial charge in [0.25, 0.3) is 0 Å². The molecule has 0 N–H and O–H groups in total. The number of ether oxygens (including phenoxy) is 4. The maximum absolute atomic E-state index is 12.4. The van der Waals surface area contributed by atoms with E-state index in [0.717, 1.165) is 12.5 Å². The minimum absolute atomic E-state index is 0.220. The molecule has 132 valence electrons. The second-order valence-corrected chi connectivity index (χ2v) is 4.65. The fourth-order valence-electron chi connectivity index (χ4n) is 1.89. The molecule has 2 aromatic rings. The zero-order chi connectivity index (χ0) is 18.9. The van der Waals surface area contributed by atoms with E-state index in [0.29, 0.717) is 11.1 Å². The summed E-state index contributed by atoms with van der Waals surface area (Å²) in [6.45, 7) is 6.48. The van der Waals surface area contributed by atoms with Crippen LogP contribution < -0.4 is 9.47 Å². The molecule has 0 atom stereocenters. The highest BCUT2D eigenvalue weighted by Crippen LogP contribution is 2.18. The summed E-state index contributed by atoms with van der Waals surface area (Å²) in [6.07, 6.45) is 0.0457. The molecule has 0 spiro atoms. The van der Waals surface area contributed by atoms with E-state index in [4.69, 9.17) is 9.47 Å². The van der Waals surface area contributed by atoms with Crippen molar-refractivity contribution < 1.29 is 33.3 Å². The lowest BCUT2D eigenvalue weighted by Gasteiger charge is -2.06. The van der Waals surface area contributed by atoms with Crippen LogP contribution >= 0.6 is 0 Å². The van der Waals surface area contributed by atoms with E-state index >= 15 is 0 Å². The van der Waals surface area contributed by atoms with Crippen LogP contribution in [0.3, 0.4) is 0 Å². The first-order valence-electron chi connectivity index (χ1n) is 7.27. The molecule has 0 fully saturated rings. The van der Waals surface area contributed by atoms with Crippen LogP contribution in [0.2, 0.25) is 0 Å². The summed E-state index contributed by atoms with van der Waals surface area (Å²) in [6, 6.07) is 11.9. The Morgan fingerprint density at radius 3 is 1.31 bits per heavy atom. The van der Waals surface area contributed by atoms with Crippen LogP contribution in [0.15, 0.2) is 74.2 Å². The number of carbonyl (C=O) groups excluding carboxylic acids is 3. The summed E-state index contributed by atoms with van der Waals surface area (Å²) in [5.41, 5.74) is 0.767. The molecule has 0 aliphatic carbocycles. The van der Waals surface area contributed by atoms with Crippen molar-refractivity contribution in [3.05, 3.63) is 85.3 Å². The lowest BCUT2D eigenvalue weighted by atomic mass is 10.0. The quantitative estimate of drug-likeness (QED) is 0.332. The van der Waals surface area contributed by atoms with Gasteiger partial charge in [-0.3, -0.25) is 4.79 Å². The molecule has 0 aliphatic heterocycles.